The van der Waals surface area contributed by atoms with Gasteiger partial charge in [0.25, 0.3) is 0 Å². The Morgan fingerprint density at radius 2 is 1.67 bits per heavy atom. The maximum atomic E-state index is 13.8. The zero-order chi connectivity index (χ0) is 24.5. The smallest absolute Gasteiger partial charge is 0.244 e. The van der Waals surface area contributed by atoms with Gasteiger partial charge in [0.2, 0.25) is 10.0 Å². The van der Waals surface area contributed by atoms with Crippen LogP contribution in [-0.4, -0.2) is 72.3 Å². The van der Waals surface area contributed by atoms with Crippen molar-refractivity contribution in [3.05, 3.63) is 60.8 Å². The molecule has 0 aliphatic carbocycles. The second-order valence-corrected chi connectivity index (χ2v) is 12.4. The van der Waals surface area contributed by atoms with Gasteiger partial charge in [-0.15, -0.1) is 0 Å². The summed E-state index contributed by atoms with van der Waals surface area (Å²) in [5, 5.41) is 1.94. The maximum Gasteiger partial charge on any atom is 0.244 e. The number of benzene rings is 2. The Labute approximate surface area is 216 Å². The monoisotopic (exact) mass is 521 g/mol. The summed E-state index contributed by atoms with van der Waals surface area (Å²) in [7, 11) is -3.59. The Morgan fingerprint density at radius 1 is 0.889 bits per heavy atom. The minimum atomic E-state index is -3.59. The SMILES string of the molecule is O=S(=O)(c1ccnc2ccccc12)N1CCCC[C@@H]1CCN1CCN(c2nsc3ccccc23)CC1. The van der Waals surface area contributed by atoms with Crippen LogP contribution in [0, 0.1) is 0 Å². The first kappa shape index (κ1) is 23.8. The highest BCUT2D eigenvalue weighted by Gasteiger charge is 2.34. The zero-order valence-electron chi connectivity index (χ0n) is 20.3. The predicted octanol–water partition coefficient (Wildman–Crippen LogP) is 4.60. The minimum absolute atomic E-state index is 0.0381. The Kier molecular flexibility index (Phi) is 6.64. The highest BCUT2D eigenvalue weighted by atomic mass is 32.2. The molecule has 4 heterocycles. The van der Waals surface area contributed by atoms with Crippen LogP contribution in [0.3, 0.4) is 0 Å². The molecule has 0 radical (unpaired) electrons. The molecule has 6 rings (SSSR count). The predicted molar refractivity (Wildman–Crippen MR) is 146 cm³/mol. The molecule has 2 aliphatic heterocycles. The lowest BCUT2D eigenvalue weighted by molar-refractivity contribution is 0.193. The topological polar surface area (TPSA) is 69.6 Å². The molecule has 0 saturated carbocycles. The molecule has 2 aliphatic rings. The second kappa shape index (κ2) is 10.0. The van der Waals surface area contributed by atoms with Gasteiger partial charge in [0.1, 0.15) is 5.82 Å². The molecule has 2 aromatic heterocycles. The summed E-state index contributed by atoms with van der Waals surface area (Å²) in [6.45, 7) is 5.35. The second-order valence-electron chi connectivity index (χ2n) is 9.71. The molecule has 4 aromatic rings. The van der Waals surface area contributed by atoms with Crippen molar-refractivity contribution in [1.82, 2.24) is 18.6 Å². The van der Waals surface area contributed by atoms with Crippen LogP contribution in [0.5, 0.6) is 0 Å². The van der Waals surface area contributed by atoms with Gasteiger partial charge in [0.05, 0.1) is 15.1 Å². The number of rotatable bonds is 6. The van der Waals surface area contributed by atoms with Gasteiger partial charge >= 0.3 is 0 Å². The summed E-state index contributed by atoms with van der Waals surface area (Å²) >= 11 is 1.57. The zero-order valence-corrected chi connectivity index (χ0v) is 21.9. The van der Waals surface area contributed by atoms with Gasteiger partial charge in [-0.3, -0.25) is 9.88 Å². The van der Waals surface area contributed by atoms with E-state index in [2.05, 4.69) is 39.0 Å². The number of piperidine rings is 1. The van der Waals surface area contributed by atoms with E-state index in [0.717, 1.165) is 69.7 Å². The Bertz CT molecular complexity index is 1460. The summed E-state index contributed by atoms with van der Waals surface area (Å²) in [6, 6.07) is 17.6. The first-order valence-electron chi connectivity index (χ1n) is 12.8. The van der Waals surface area contributed by atoms with Crippen molar-refractivity contribution in [2.75, 3.05) is 44.2 Å². The van der Waals surface area contributed by atoms with Crippen molar-refractivity contribution in [2.24, 2.45) is 0 Å². The van der Waals surface area contributed by atoms with E-state index in [1.54, 1.807) is 28.1 Å². The summed E-state index contributed by atoms with van der Waals surface area (Å²) in [6.07, 6.45) is 5.39. The van der Waals surface area contributed by atoms with Crippen molar-refractivity contribution in [2.45, 2.75) is 36.6 Å². The number of para-hydroxylation sites is 1. The number of fused-ring (bicyclic) bond motifs is 2. The van der Waals surface area contributed by atoms with Crippen molar-refractivity contribution >= 4 is 48.4 Å². The van der Waals surface area contributed by atoms with E-state index in [-0.39, 0.29) is 6.04 Å². The van der Waals surface area contributed by atoms with Crippen LogP contribution in [-0.2, 0) is 10.0 Å². The molecule has 0 spiro atoms. The molecule has 0 N–H and O–H groups in total. The number of piperazine rings is 1. The lowest BCUT2D eigenvalue weighted by Crippen LogP contribution is -2.49. The van der Waals surface area contributed by atoms with E-state index in [4.69, 9.17) is 4.37 Å². The normalized spacial score (nSPS) is 20.3. The lowest BCUT2D eigenvalue weighted by atomic mass is 10.0. The number of pyridine rings is 1. The molecule has 188 valence electrons. The Hall–Kier alpha value is -2.59. The van der Waals surface area contributed by atoms with Gasteiger partial charge in [-0.25, -0.2) is 8.42 Å². The Morgan fingerprint density at radius 3 is 2.53 bits per heavy atom. The molecule has 0 unspecified atom stereocenters. The highest BCUT2D eigenvalue weighted by Crippen LogP contribution is 2.32. The third-order valence-electron chi connectivity index (χ3n) is 7.58. The van der Waals surface area contributed by atoms with Crippen LogP contribution in [0.25, 0.3) is 21.0 Å². The standard InChI is InChI=1S/C27H31N5O2S2/c33-36(34,26-12-14-28-24-10-3-1-8-22(24)26)32-15-6-5-7-21(32)13-16-30-17-19-31(20-18-30)27-23-9-2-4-11-25(23)35-29-27/h1-4,8-12,14,21H,5-7,13,15-20H2/t21-/m1/s1. The number of sulfonamides is 1. The van der Waals surface area contributed by atoms with E-state index < -0.39 is 10.0 Å². The van der Waals surface area contributed by atoms with Gasteiger partial charge in [-0.1, -0.05) is 36.8 Å². The van der Waals surface area contributed by atoms with Crippen LogP contribution in [0.2, 0.25) is 0 Å². The first-order chi connectivity index (χ1) is 17.6. The van der Waals surface area contributed by atoms with Gasteiger partial charge in [-0.2, -0.15) is 8.68 Å². The number of nitrogens with zero attached hydrogens (tertiary/aromatic N) is 5. The quantitative estimate of drug-likeness (QED) is 0.369. The number of hydrogen-bond donors (Lipinski definition) is 0. The first-order valence-corrected chi connectivity index (χ1v) is 15.0. The molecular weight excluding hydrogens is 490 g/mol. The fraction of sp³-hybridized carbons (Fsp3) is 0.407. The van der Waals surface area contributed by atoms with Gasteiger partial charge in [0, 0.05) is 55.7 Å². The summed E-state index contributed by atoms with van der Waals surface area (Å²) in [5.74, 6) is 1.10. The van der Waals surface area contributed by atoms with E-state index in [9.17, 15) is 8.42 Å². The third-order valence-corrected chi connectivity index (χ3v) is 10.4. The lowest BCUT2D eigenvalue weighted by Gasteiger charge is -2.38. The van der Waals surface area contributed by atoms with E-state index >= 15 is 0 Å². The molecule has 36 heavy (non-hydrogen) atoms. The van der Waals surface area contributed by atoms with E-state index in [0.29, 0.717) is 16.8 Å². The average Bonchev–Trinajstić information content (AvgIpc) is 3.36. The largest absolute Gasteiger partial charge is 0.353 e. The highest BCUT2D eigenvalue weighted by molar-refractivity contribution is 7.89. The van der Waals surface area contributed by atoms with Crippen LogP contribution in [0.15, 0.2) is 65.7 Å². The third kappa shape index (κ3) is 4.49. The molecule has 0 amide bonds. The molecule has 9 heteroatoms. The molecule has 1 atom stereocenters. The van der Waals surface area contributed by atoms with Crippen molar-refractivity contribution in [3.8, 4) is 0 Å². The number of anilines is 1. The van der Waals surface area contributed by atoms with E-state index in [1.807, 2.05) is 24.3 Å². The molecule has 2 aromatic carbocycles. The maximum absolute atomic E-state index is 13.8. The fourth-order valence-electron chi connectivity index (χ4n) is 5.62. The minimum Gasteiger partial charge on any atom is -0.353 e. The van der Waals surface area contributed by atoms with Crippen molar-refractivity contribution < 1.29 is 8.42 Å². The van der Waals surface area contributed by atoms with Crippen LogP contribution in [0.4, 0.5) is 5.82 Å². The van der Waals surface area contributed by atoms with Gasteiger partial charge in [0.15, 0.2) is 0 Å². The van der Waals surface area contributed by atoms with Crippen molar-refractivity contribution in [3.63, 3.8) is 0 Å². The summed E-state index contributed by atoms with van der Waals surface area (Å²) in [5.41, 5.74) is 0.720. The average molecular weight is 522 g/mol. The van der Waals surface area contributed by atoms with Crippen LogP contribution >= 0.6 is 11.5 Å². The number of aromatic nitrogens is 2. The summed E-state index contributed by atoms with van der Waals surface area (Å²) < 4.78 is 35.4. The number of hydrogen-bond acceptors (Lipinski definition) is 7. The molecule has 0 bridgehead atoms. The molecule has 7 nitrogen and oxygen atoms in total. The Balaban J connectivity index is 1.12. The molecular formula is C27H31N5O2S2. The fourth-order valence-corrected chi connectivity index (χ4v) is 8.32. The van der Waals surface area contributed by atoms with E-state index in [1.165, 1.54) is 10.1 Å². The van der Waals surface area contributed by atoms with Gasteiger partial charge in [-0.05, 0) is 61.6 Å². The van der Waals surface area contributed by atoms with Crippen molar-refractivity contribution in [1.29, 1.82) is 0 Å². The molecule has 2 saturated heterocycles. The summed E-state index contributed by atoms with van der Waals surface area (Å²) in [4.78, 5) is 9.61. The van der Waals surface area contributed by atoms with Crippen LogP contribution < -0.4 is 4.90 Å². The van der Waals surface area contributed by atoms with Crippen LogP contribution in [0.1, 0.15) is 25.7 Å². The van der Waals surface area contributed by atoms with Gasteiger partial charge < -0.3 is 4.90 Å². The molecule has 2 fully saturated rings.